The second-order valence-corrected chi connectivity index (χ2v) is 0.866. The predicted molar refractivity (Wildman–Crippen MR) is 31.6 cm³/mol. The third-order valence-corrected chi connectivity index (χ3v) is 0. The second-order valence-electron chi connectivity index (χ2n) is 0.866. The molecule has 10 heavy (non-hydrogen) atoms. The van der Waals surface area contributed by atoms with E-state index in [1.807, 2.05) is 0 Å². The molecule has 0 aromatic rings. The Hall–Kier alpha value is 1.24. The standard InChI is InChI=1S/3C2H5O.Pr/c3*1-2-3;/h3*2H2,1H3;/q3*-1;+3. The zero-order valence-electron chi connectivity index (χ0n) is 6.92. The number of hydrogen-bond acceptors (Lipinski definition) is 3. The fraction of sp³-hybridized carbons (Fsp3) is 1.00. The van der Waals surface area contributed by atoms with Crippen LogP contribution in [0.15, 0.2) is 0 Å². The van der Waals surface area contributed by atoms with Crippen LogP contribution in [-0.2, 0) is 0 Å². The van der Waals surface area contributed by atoms with E-state index in [1.165, 1.54) is 0 Å². The molecule has 0 spiro atoms. The zero-order valence-corrected chi connectivity index (χ0v) is 10.6. The normalized spacial score (nSPS) is 5.40. The first kappa shape index (κ1) is 22.5. The largest absolute Gasteiger partial charge is 3.00 e. The van der Waals surface area contributed by atoms with Gasteiger partial charge in [-0.15, -0.1) is 19.8 Å². The molecule has 0 aromatic carbocycles. The minimum atomic E-state index is 0. The summed E-state index contributed by atoms with van der Waals surface area (Å²) in [5, 5.41) is 26.8. The van der Waals surface area contributed by atoms with Crippen molar-refractivity contribution in [2.75, 3.05) is 19.8 Å². The molecule has 3 nitrogen and oxygen atoms in total. The van der Waals surface area contributed by atoms with Crippen LogP contribution >= 0.6 is 0 Å². The summed E-state index contributed by atoms with van der Waals surface area (Å²) in [5.41, 5.74) is 0. The molecule has 0 aliphatic heterocycles. The van der Waals surface area contributed by atoms with Gasteiger partial charge in [-0.1, -0.05) is 20.8 Å². The van der Waals surface area contributed by atoms with Crippen LogP contribution in [0, 0.1) is 41.3 Å². The van der Waals surface area contributed by atoms with Crippen molar-refractivity contribution >= 4 is 0 Å². The van der Waals surface area contributed by atoms with Crippen LogP contribution in [0.4, 0.5) is 0 Å². The van der Waals surface area contributed by atoms with E-state index >= 15 is 0 Å². The van der Waals surface area contributed by atoms with E-state index in [4.69, 9.17) is 15.3 Å². The van der Waals surface area contributed by atoms with Gasteiger partial charge in [0, 0.05) is 0 Å². The average molecular weight is 276 g/mol. The molecule has 0 saturated heterocycles. The van der Waals surface area contributed by atoms with Crippen molar-refractivity contribution in [3.05, 3.63) is 0 Å². The van der Waals surface area contributed by atoms with Crippen molar-refractivity contribution in [3.8, 4) is 0 Å². The molecule has 60 valence electrons. The number of hydrogen-bond donors (Lipinski definition) is 0. The van der Waals surface area contributed by atoms with E-state index in [0.29, 0.717) is 0 Å². The van der Waals surface area contributed by atoms with Crippen molar-refractivity contribution in [1.29, 1.82) is 0 Å². The molecule has 0 unspecified atom stereocenters. The van der Waals surface area contributed by atoms with Crippen molar-refractivity contribution in [3.63, 3.8) is 0 Å². The van der Waals surface area contributed by atoms with E-state index in [9.17, 15) is 0 Å². The summed E-state index contributed by atoms with van der Waals surface area (Å²) < 4.78 is 0. The molecule has 0 N–H and O–H groups in total. The maximum atomic E-state index is 8.93. The van der Waals surface area contributed by atoms with Crippen LogP contribution in [0.1, 0.15) is 20.8 Å². The van der Waals surface area contributed by atoms with Gasteiger partial charge in [0.2, 0.25) is 0 Å². The Balaban J connectivity index is -0.0000000257. The fourth-order valence-corrected chi connectivity index (χ4v) is 0. The minimum absolute atomic E-state index is 0. The van der Waals surface area contributed by atoms with Crippen LogP contribution in [0.25, 0.3) is 0 Å². The smallest absolute Gasteiger partial charge is 0.855 e. The Morgan fingerprint density at radius 1 is 0.700 bits per heavy atom. The van der Waals surface area contributed by atoms with Gasteiger partial charge in [0.15, 0.2) is 0 Å². The van der Waals surface area contributed by atoms with Gasteiger partial charge in [-0.05, 0) is 0 Å². The van der Waals surface area contributed by atoms with Crippen molar-refractivity contribution in [2.24, 2.45) is 0 Å². The quantitative estimate of drug-likeness (QED) is 0.519. The fourth-order valence-electron chi connectivity index (χ4n) is 0. The molecule has 0 radical (unpaired) electrons. The molecule has 0 aliphatic rings. The molecule has 0 heterocycles. The molecular weight excluding hydrogens is 261 g/mol. The van der Waals surface area contributed by atoms with Crippen LogP contribution in [-0.4, -0.2) is 19.8 Å². The Kier molecular flexibility index (Phi) is 109. The second kappa shape index (κ2) is 48.6. The van der Waals surface area contributed by atoms with E-state index in [-0.39, 0.29) is 61.1 Å². The third kappa shape index (κ3) is 406. The van der Waals surface area contributed by atoms with Crippen LogP contribution in [0.3, 0.4) is 0 Å². The van der Waals surface area contributed by atoms with Gasteiger partial charge in [0.1, 0.15) is 0 Å². The molecular formula is C6H15O3Pr. The van der Waals surface area contributed by atoms with Gasteiger partial charge in [-0.25, -0.2) is 0 Å². The van der Waals surface area contributed by atoms with Gasteiger partial charge in [0.25, 0.3) is 0 Å². The van der Waals surface area contributed by atoms with Crippen LogP contribution in [0.2, 0.25) is 0 Å². The van der Waals surface area contributed by atoms with E-state index in [2.05, 4.69) is 0 Å². The Bertz CT molecular complexity index is 17.7. The first-order valence-corrected chi connectivity index (χ1v) is 2.99. The van der Waals surface area contributed by atoms with Gasteiger partial charge < -0.3 is 15.3 Å². The molecule has 0 aliphatic carbocycles. The molecule has 0 amide bonds. The molecule has 0 rings (SSSR count). The van der Waals surface area contributed by atoms with Crippen LogP contribution in [0.5, 0.6) is 0 Å². The molecule has 0 atom stereocenters. The van der Waals surface area contributed by atoms with Crippen molar-refractivity contribution in [2.45, 2.75) is 20.8 Å². The molecule has 4 heteroatoms. The van der Waals surface area contributed by atoms with Crippen molar-refractivity contribution in [1.82, 2.24) is 0 Å². The maximum Gasteiger partial charge on any atom is 3.00 e. The minimum Gasteiger partial charge on any atom is -0.855 e. The van der Waals surface area contributed by atoms with E-state index in [1.54, 1.807) is 20.8 Å². The van der Waals surface area contributed by atoms with Crippen molar-refractivity contribution < 1.29 is 56.6 Å². The van der Waals surface area contributed by atoms with Gasteiger partial charge in [-0.3, -0.25) is 0 Å². The first-order valence-electron chi connectivity index (χ1n) is 2.99. The Morgan fingerprint density at radius 3 is 0.700 bits per heavy atom. The van der Waals surface area contributed by atoms with Gasteiger partial charge >= 0.3 is 41.3 Å². The molecule has 0 bridgehead atoms. The Morgan fingerprint density at radius 2 is 0.700 bits per heavy atom. The predicted octanol–water partition coefficient (Wildman–Crippen LogP) is -1.90. The first-order chi connectivity index (χ1) is 4.24. The third-order valence-electron chi connectivity index (χ3n) is 0. The average Bonchev–Trinajstić information content (AvgIpc) is 1.70. The number of rotatable bonds is 0. The maximum absolute atomic E-state index is 8.93. The summed E-state index contributed by atoms with van der Waals surface area (Å²) in [6.07, 6.45) is 0. The van der Waals surface area contributed by atoms with Crippen LogP contribution < -0.4 is 15.3 Å². The summed E-state index contributed by atoms with van der Waals surface area (Å²) in [6, 6.07) is 0. The SMILES string of the molecule is CC[O-].CC[O-].CC[O-].[Pr+3]. The molecule has 0 saturated carbocycles. The molecule has 0 fully saturated rings. The van der Waals surface area contributed by atoms with E-state index < -0.39 is 0 Å². The topological polar surface area (TPSA) is 69.2 Å². The van der Waals surface area contributed by atoms with Gasteiger partial charge in [-0.2, -0.15) is 0 Å². The zero-order chi connectivity index (χ0) is 8.12. The monoisotopic (exact) mass is 276 g/mol. The Labute approximate surface area is 96.4 Å². The molecule has 0 aromatic heterocycles. The summed E-state index contributed by atoms with van der Waals surface area (Å²) in [7, 11) is 0. The van der Waals surface area contributed by atoms with Gasteiger partial charge in [0.05, 0.1) is 0 Å². The summed E-state index contributed by atoms with van der Waals surface area (Å²) in [6.45, 7) is 4.71. The summed E-state index contributed by atoms with van der Waals surface area (Å²) >= 11 is 0. The summed E-state index contributed by atoms with van der Waals surface area (Å²) in [4.78, 5) is 0. The van der Waals surface area contributed by atoms with E-state index in [0.717, 1.165) is 0 Å². The summed E-state index contributed by atoms with van der Waals surface area (Å²) in [5.74, 6) is 0.